The van der Waals surface area contributed by atoms with Gasteiger partial charge in [-0.15, -0.1) is 0 Å². The van der Waals surface area contributed by atoms with E-state index in [9.17, 15) is 9.59 Å². The lowest BCUT2D eigenvalue weighted by atomic mass is 10.1. The first-order valence-corrected chi connectivity index (χ1v) is 6.98. The summed E-state index contributed by atoms with van der Waals surface area (Å²) in [6.07, 6.45) is 2.09. The number of carbonyl (C=O) groups is 2. The average Bonchev–Trinajstić information content (AvgIpc) is 3.28. The van der Waals surface area contributed by atoms with Gasteiger partial charge < -0.3 is 10.4 Å². The Balaban J connectivity index is 1.75. The highest BCUT2D eigenvalue weighted by Gasteiger charge is 2.48. The Kier molecular flexibility index (Phi) is 3.58. The van der Waals surface area contributed by atoms with Crippen molar-refractivity contribution in [3.05, 3.63) is 42.2 Å². The lowest BCUT2D eigenvalue weighted by molar-refractivity contribution is -0.139. The highest BCUT2D eigenvalue weighted by Crippen LogP contribution is 2.39. The normalized spacial score (nSPS) is 19.5. The third kappa shape index (κ3) is 2.95. The van der Waals surface area contributed by atoms with Gasteiger partial charge in [0.2, 0.25) is 5.91 Å². The average molecular weight is 297 g/mol. The summed E-state index contributed by atoms with van der Waals surface area (Å²) in [6.45, 7) is 1.88. The van der Waals surface area contributed by atoms with Crippen molar-refractivity contribution in [1.82, 2.24) is 9.97 Å². The zero-order valence-corrected chi connectivity index (χ0v) is 12.0. The number of carboxylic acids is 1. The number of nitrogens with one attached hydrogen (secondary N) is 1. The molecule has 6 heteroatoms. The molecule has 0 spiro atoms. The van der Waals surface area contributed by atoms with Crippen LogP contribution in [0.5, 0.6) is 0 Å². The van der Waals surface area contributed by atoms with Crippen molar-refractivity contribution in [2.24, 2.45) is 11.8 Å². The number of hydrogen-bond donors (Lipinski definition) is 2. The molecule has 6 nitrogen and oxygen atoms in total. The van der Waals surface area contributed by atoms with E-state index in [0.717, 1.165) is 11.3 Å². The van der Waals surface area contributed by atoms with Crippen molar-refractivity contribution >= 4 is 17.6 Å². The Bertz CT molecular complexity index is 745. The van der Waals surface area contributed by atoms with Crippen molar-refractivity contribution in [2.45, 2.75) is 13.3 Å². The monoisotopic (exact) mass is 297 g/mol. The van der Waals surface area contributed by atoms with Gasteiger partial charge >= 0.3 is 5.97 Å². The van der Waals surface area contributed by atoms with Crippen LogP contribution in [0.25, 0.3) is 11.4 Å². The minimum Gasteiger partial charge on any atom is -0.481 e. The van der Waals surface area contributed by atoms with Crippen LogP contribution in [0.1, 0.15) is 12.1 Å². The summed E-state index contributed by atoms with van der Waals surface area (Å²) in [6, 6.07) is 9.02. The summed E-state index contributed by atoms with van der Waals surface area (Å²) in [4.78, 5) is 31.3. The van der Waals surface area contributed by atoms with E-state index in [0.29, 0.717) is 17.9 Å². The summed E-state index contributed by atoms with van der Waals surface area (Å²) in [5, 5.41) is 11.6. The van der Waals surface area contributed by atoms with Crippen LogP contribution in [-0.4, -0.2) is 27.0 Å². The summed E-state index contributed by atoms with van der Waals surface area (Å²) >= 11 is 0. The highest BCUT2D eigenvalue weighted by atomic mass is 16.4. The number of aromatic nitrogens is 2. The number of nitrogens with zero attached hydrogens (tertiary/aromatic N) is 2. The Morgan fingerprint density at radius 3 is 2.77 bits per heavy atom. The number of carbonyl (C=O) groups excluding carboxylic acids is 1. The second-order valence-electron chi connectivity index (χ2n) is 5.38. The molecule has 3 rings (SSSR count). The van der Waals surface area contributed by atoms with Gasteiger partial charge in [-0.3, -0.25) is 9.59 Å². The number of carboxylic acid groups (broad SMARTS) is 1. The first-order chi connectivity index (χ1) is 10.5. The molecule has 2 atom stereocenters. The molecule has 1 saturated carbocycles. The van der Waals surface area contributed by atoms with Crippen LogP contribution < -0.4 is 5.32 Å². The molecule has 22 heavy (non-hydrogen) atoms. The van der Waals surface area contributed by atoms with Gasteiger partial charge in [0.05, 0.1) is 11.8 Å². The first kappa shape index (κ1) is 14.2. The van der Waals surface area contributed by atoms with Gasteiger partial charge in [-0.25, -0.2) is 9.97 Å². The molecule has 1 heterocycles. The number of aryl methyl sites for hydroxylation is 1. The molecule has 1 aromatic carbocycles. The molecule has 1 amide bonds. The number of amides is 1. The minimum atomic E-state index is -0.915. The Labute approximate surface area is 127 Å². The molecule has 0 saturated heterocycles. The smallest absolute Gasteiger partial charge is 0.307 e. The maximum Gasteiger partial charge on any atom is 0.307 e. The van der Waals surface area contributed by atoms with Crippen LogP contribution in [-0.2, 0) is 9.59 Å². The third-order valence-corrected chi connectivity index (χ3v) is 3.63. The molecule has 2 unspecified atom stereocenters. The summed E-state index contributed by atoms with van der Waals surface area (Å²) in [7, 11) is 0. The van der Waals surface area contributed by atoms with E-state index in [1.807, 2.05) is 19.1 Å². The Hall–Kier alpha value is -2.76. The first-order valence-electron chi connectivity index (χ1n) is 6.98. The van der Waals surface area contributed by atoms with Crippen LogP contribution in [0.2, 0.25) is 0 Å². The van der Waals surface area contributed by atoms with E-state index in [-0.39, 0.29) is 5.91 Å². The van der Waals surface area contributed by atoms with Crippen molar-refractivity contribution < 1.29 is 14.7 Å². The van der Waals surface area contributed by atoms with Crippen LogP contribution in [0.3, 0.4) is 0 Å². The molecule has 0 aliphatic heterocycles. The molecule has 2 aromatic rings. The quantitative estimate of drug-likeness (QED) is 0.901. The molecular weight excluding hydrogens is 282 g/mol. The standard InChI is InChI=1S/C16H15N3O3/c1-9-5-6-17-14(18-9)10-3-2-4-11(7-10)19-15(20)12-8-13(12)16(21)22/h2-7,12-13H,8H2,1H3,(H,19,20)(H,21,22). The van der Waals surface area contributed by atoms with Crippen LogP contribution in [0.4, 0.5) is 5.69 Å². The molecule has 0 radical (unpaired) electrons. The molecule has 1 aliphatic rings. The van der Waals surface area contributed by atoms with E-state index in [2.05, 4.69) is 15.3 Å². The Morgan fingerprint density at radius 1 is 1.27 bits per heavy atom. The summed E-state index contributed by atoms with van der Waals surface area (Å²) in [5.74, 6) is -1.57. The van der Waals surface area contributed by atoms with Gasteiger partial charge in [-0.1, -0.05) is 12.1 Å². The van der Waals surface area contributed by atoms with Crippen molar-refractivity contribution in [1.29, 1.82) is 0 Å². The SMILES string of the molecule is Cc1ccnc(-c2cccc(NC(=O)C3CC3C(=O)O)c2)n1. The van der Waals surface area contributed by atoms with Gasteiger partial charge in [0.15, 0.2) is 5.82 Å². The zero-order chi connectivity index (χ0) is 15.7. The fourth-order valence-corrected chi connectivity index (χ4v) is 2.32. The van der Waals surface area contributed by atoms with E-state index in [1.54, 1.807) is 24.4 Å². The number of anilines is 1. The van der Waals surface area contributed by atoms with E-state index in [1.165, 1.54) is 0 Å². The zero-order valence-electron chi connectivity index (χ0n) is 12.0. The van der Waals surface area contributed by atoms with Crippen molar-refractivity contribution in [3.8, 4) is 11.4 Å². The predicted molar refractivity (Wildman–Crippen MR) is 80.1 cm³/mol. The summed E-state index contributed by atoms with van der Waals surface area (Å²) < 4.78 is 0. The van der Waals surface area contributed by atoms with E-state index >= 15 is 0 Å². The van der Waals surface area contributed by atoms with Gasteiger partial charge in [0.1, 0.15) is 0 Å². The molecule has 0 bridgehead atoms. The second kappa shape index (κ2) is 5.55. The number of rotatable bonds is 4. The second-order valence-corrected chi connectivity index (χ2v) is 5.38. The summed E-state index contributed by atoms with van der Waals surface area (Å²) in [5.41, 5.74) is 2.28. The molecule has 112 valence electrons. The lowest BCUT2D eigenvalue weighted by Gasteiger charge is -2.07. The number of aliphatic carboxylic acids is 1. The molecule has 1 fully saturated rings. The maximum atomic E-state index is 12.0. The molecule has 1 aromatic heterocycles. The molecular formula is C16H15N3O3. The fourth-order valence-electron chi connectivity index (χ4n) is 2.32. The van der Waals surface area contributed by atoms with Crippen molar-refractivity contribution in [3.63, 3.8) is 0 Å². The van der Waals surface area contributed by atoms with Crippen LogP contribution in [0.15, 0.2) is 36.5 Å². The predicted octanol–water partition coefficient (Wildman–Crippen LogP) is 2.11. The van der Waals surface area contributed by atoms with E-state index < -0.39 is 17.8 Å². The Morgan fingerprint density at radius 2 is 2.09 bits per heavy atom. The number of hydrogen-bond acceptors (Lipinski definition) is 4. The lowest BCUT2D eigenvalue weighted by Crippen LogP contribution is -2.16. The third-order valence-electron chi connectivity index (χ3n) is 3.63. The van der Waals surface area contributed by atoms with Gasteiger partial charge in [-0.2, -0.15) is 0 Å². The van der Waals surface area contributed by atoms with Crippen molar-refractivity contribution in [2.75, 3.05) is 5.32 Å². The largest absolute Gasteiger partial charge is 0.481 e. The van der Waals surface area contributed by atoms with Gasteiger partial charge in [-0.05, 0) is 31.5 Å². The van der Waals surface area contributed by atoms with Crippen LogP contribution in [0, 0.1) is 18.8 Å². The highest BCUT2D eigenvalue weighted by molar-refractivity contribution is 5.98. The topological polar surface area (TPSA) is 92.2 Å². The fraction of sp³-hybridized carbons (Fsp3) is 0.250. The number of benzene rings is 1. The van der Waals surface area contributed by atoms with Gasteiger partial charge in [0, 0.05) is 23.1 Å². The maximum absolute atomic E-state index is 12.0. The van der Waals surface area contributed by atoms with Gasteiger partial charge in [0.25, 0.3) is 0 Å². The van der Waals surface area contributed by atoms with E-state index in [4.69, 9.17) is 5.11 Å². The molecule has 1 aliphatic carbocycles. The van der Waals surface area contributed by atoms with Crippen LogP contribution >= 0.6 is 0 Å². The minimum absolute atomic E-state index is 0.255. The molecule has 2 N–H and O–H groups in total.